The van der Waals surface area contributed by atoms with E-state index in [0.29, 0.717) is 22.8 Å². The maximum absolute atomic E-state index is 12.6. The third-order valence-corrected chi connectivity index (χ3v) is 4.32. The topological polar surface area (TPSA) is 89.2 Å². The van der Waals surface area contributed by atoms with Crippen LogP contribution in [0.1, 0.15) is 24.3 Å². The molecule has 1 atom stereocenters. The maximum Gasteiger partial charge on any atom is 0.290 e. The van der Waals surface area contributed by atoms with Gasteiger partial charge in [0.05, 0.1) is 38.6 Å². The number of ketones is 1. The Labute approximate surface area is 150 Å². The predicted molar refractivity (Wildman–Crippen MR) is 91.9 cm³/mol. The Morgan fingerprint density at radius 1 is 1.27 bits per heavy atom. The van der Waals surface area contributed by atoms with Crippen LogP contribution in [0.5, 0.6) is 11.5 Å². The van der Waals surface area contributed by atoms with Crippen LogP contribution in [0.4, 0.5) is 0 Å². The van der Waals surface area contributed by atoms with E-state index in [1.165, 1.54) is 32.3 Å². The lowest BCUT2D eigenvalue weighted by molar-refractivity contribution is -0.130. The summed E-state index contributed by atoms with van der Waals surface area (Å²) in [5, 5.41) is 10.3. The highest BCUT2D eigenvalue weighted by Crippen LogP contribution is 2.43. The summed E-state index contributed by atoms with van der Waals surface area (Å²) in [4.78, 5) is 26.2. The van der Waals surface area contributed by atoms with Crippen LogP contribution in [0, 0.1) is 0 Å². The van der Waals surface area contributed by atoms with Crippen molar-refractivity contribution in [2.45, 2.75) is 19.5 Å². The van der Waals surface area contributed by atoms with Crippen LogP contribution in [0.25, 0.3) is 0 Å². The fourth-order valence-corrected chi connectivity index (χ4v) is 3.12. The number of hydrogen-bond acceptors (Lipinski definition) is 6. The van der Waals surface area contributed by atoms with Crippen LogP contribution in [0.15, 0.2) is 52.3 Å². The normalized spacial score (nSPS) is 17.0. The van der Waals surface area contributed by atoms with Crippen LogP contribution in [-0.2, 0) is 16.1 Å². The van der Waals surface area contributed by atoms with Crippen molar-refractivity contribution in [1.82, 2.24) is 4.90 Å². The van der Waals surface area contributed by atoms with E-state index >= 15 is 0 Å². The van der Waals surface area contributed by atoms with Crippen molar-refractivity contribution in [3.63, 3.8) is 0 Å². The summed E-state index contributed by atoms with van der Waals surface area (Å²) >= 11 is 0. The van der Waals surface area contributed by atoms with Crippen molar-refractivity contribution in [3.05, 3.63) is 59.3 Å². The predicted octanol–water partition coefficient (Wildman–Crippen LogP) is 2.78. The van der Waals surface area contributed by atoms with Crippen LogP contribution in [0.2, 0.25) is 0 Å². The Morgan fingerprint density at radius 3 is 2.62 bits per heavy atom. The summed E-state index contributed by atoms with van der Waals surface area (Å²) in [5.41, 5.74) is 0.564. The monoisotopic (exact) mass is 357 g/mol. The van der Waals surface area contributed by atoms with Crippen molar-refractivity contribution >= 4 is 11.7 Å². The zero-order chi connectivity index (χ0) is 18.8. The lowest BCUT2D eigenvalue weighted by Gasteiger charge is -2.27. The number of aliphatic hydroxyl groups excluding tert-OH is 1. The highest BCUT2D eigenvalue weighted by atomic mass is 16.5. The molecule has 3 rings (SSSR count). The number of aliphatic hydroxyl groups is 1. The van der Waals surface area contributed by atoms with E-state index in [0.717, 1.165) is 0 Å². The summed E-state index contributed by atoms with van der Waals surface area (Å²) in [7, 11) is 3.02. The summed E-state index contributed by atoms with van der Waals surface area (Å²) in [5.74, 6) is -0.0436. The van der Waals surface area contributed by atoms with Gasteiger partial charge in [-0.05, 0) is 37.3 Å². The zero-order valence-corrected chi connectivity index (χ0v) is 14.7. The molecule has 1 aliphatic heterocycles. The smallest absolute Gasteiger partial charge is 0.290 e. The van der Waals surface area contributed by atoms with Crippen LogP contribution < -0.4 is 9.47 Å². The Kier molecular flexibility index (Phi) is 4.71. The largest absolute Gasteiger partial charge is 0.503 e. The number of nitrogens with zero attached hydrogens (tertiary/aromatic N) is 1. The molecular weight excluding hydrogens is 338 g/mol. The number of ether oxygens (including phenoxy) is 2. The van der Waals surface area contributed by atoms with Crippen molar-refractivity contribution < 1.29 is 28.6 Å². The fourth-order valence-electron chi connectivity index (χ4n) is 3.12. The fraction of sp³-hybridized carbons (Fsp3) is 0.263. The molecule has 0 fully saturated rings. The van der Waals surface area contributed by atoms with E-state index in [4.69, 9.17) is 13.9 Å². The van der Waals surface area contributed by atoms with Gasteiger partial charge in [0, 0.05) is 5.56 Å². The SMILES string of the molecule is COc1ccc(OC)c(C2C(C(C)=O)=C(O)C(=O)N2Cc2ccco2)c1. The molecular formula is C19H19NO6. The van der Waals surface area contributed by atoms with Gasteiger partial charge in [0.25, 0.3) is 5.91 Å². The lowest BCUT2D eigenvalue weighted by atomic mass is 9.95. The van der Waals surface area contributed by atoms with Crippen molar-refractivity contribution in [3.8, 4) is 11.5 Å². The van der Waals surface area contributed by atoms with Gasteiger partial charge in [-0.3, -0.25) is 9.59 Å². The number of Topliss-reactive ketones (excluding diaryl/α,β-unsaturated/α-hetero) is 1. The number of carbonyl (C=O) groups excluding carboxylic acids is 2. The first-order valence-electron chi connectivity index (χ1n) is 7.97. The van der Waals surface area contributed by atoms with E-state index in [9.17, 15) is 14.7 Å². The van der Waals surface area contributed by atoms with E-state index in [2.05, 4.69) is 0 Å². The van der Waals surface area contributed by atoms with Gasteiger partial charge < -0.3 is 23.9 Å². The quantitative estimate of drug-likeness (QED) is 0.855. The van der Waals surface area contributed by atoms with E-state index in [-0.39, 0.29) is 12.1 Å². The number of hydrogen-bond donors (Lipinski definition) is 1. The van der Waals surface area contributed by atoms with Crippen molar-refractivity contribution in [2.24, 2.45) is 0 Å². The molecule has 0 saturated heterocycles. The van der Waals surface area contributed by atoms with Crippen LogP contribution >= 0.6 is 0 Å². The summed E-state index contributed by atoms with van der Waals surface area (Å²) in [6.07, 6.45) is 1.50. The maximum atomic E-state index is 12.6. The van der Waals surface area contributed by atoms with Gasteiger partial charge in [0.1, 0.15) is 17.3 Å². The second-order valence-electron chi connectivity index (χ2n) is 5.84. The second-order valence-corrected chi connectivity index (χ2v) is 5.84. The van der Waals surface area contributed by atoms with E-state index in [1.54, 1.807) is 30.3 Å². The number of carbonyl (C=O) groups is 2. The number of amides is 1. The molecule has 2 aromatic rings. The first-order chi connectivity index (χ1) is 12.5. The molecule has 2 heterocycles. The highest BCUT2D eigenvalue weighted by Gasteiger charge is 2.44. The molecule has 1 aromatic carbocycles. The molecule has 1 unspecified atom stereocenters. The molecule has 1 amide bonds. The Hall–Kier alpha value is -3.22. The lowest BCUT2D eigenvalue weighted by Crippen LogP contribution is -2.30. The molecule has 7 nitrogen and oxygen atoms in total. The van der Waals surface area contributed by atoms with Crippen LogP contribution in [0.3, 0.4) is 0 Å². The zero-order valence-electron chi connectivity index (χ0n) is 14.7. The Morgan fingerprint density at radius 2 is 2.04 bits per heavy atom. The van der Waals surface area contributed by atoms with Gasteiger partial charge in [0.15, 0.2) is 11.5 Å². The standard InChI is InChI=1S/C19H19NO6/c1-11(21)16-17(14-9-12(24-2)6-7-15(14)25-3)20(19(23)18(16)22)10-13-5-4-8-26-13/h4-9,17,22H,10H2,1-3H3. The minimum atomic E-state index is -0.810. The van der Waals surface area contributed by atoms with E-state index < -0.39 is 23.5 Å². The molecule has 1 aromatic heterocycles. The highest BCUT2D eigenvalue weighted by molar-refractivity contribution is 6.08. The minimum Gasteiger partial charge on any atom is -0.503 e. The summed E-state index contributed by atoms with van der Waals surface area (Å²) in [6.45, 7) is 1.41. The van der Waals surface area contributed by atoms with Gasteiger partial charge >= 0.3 is 0 Å². The summed E-state index contributed by atoms with van der Waals surface area (Å²) in [6, 6.07) is 7.71. The Balaban J connectivity index is 2.15. The average Bonchev–Trinajstić information content (AvgIpc) is 3.23. The minimum absolute atomic E-state index is 0.0214. The summed E-state index contributed by atoms with van der Waals surface area (Å²) < 4.78 is 16.0. The molecule has 0 radical (unpaired) electrons. The van der Waals surface area contributed by atoms with Gasteiger partial charge in [0.2, 0.25) is 0 Å². The number of rotatable bonds is 6. The molecule has 7 heteroatoms. The van der Waals surface area contributed by atoms with Gasteiger partial charge in [-0.25, -0.2) is 0 Å². The number of methoxy groups -OCH3 is 2. The molecule has 1 aliphatic rings. The second kappa shape index (κ2) is 6.95. The van der Waals surface area contributed by atoms with Gasteiger partial charge in [-0.1, -0.05) is 0 Å². The molecule has 1 N–H and O–H groups in total. The number of benzene rings is 1. The third kappa shape index (κ3) is 2.92. The molecule has 0 saturated carbocycles. The van der Waals surface area contributed by atoms with E-state index in [1.807, 2.05) is 0 Å². The molecule has 136 valence electrons. The third-order valence-electron chi connectivity index (χ3n) is 4.32. The first-order valence-corrected chi connectivity index (χ1v) is 7.97. The van der Waals surface area contributed by atoms with Crippen molar-refractivity contribution in [1.29, 1.82) is 0 Å². The number of furan rings is 1. The van der Waals surface area contributed by atoms with Crippen molar-refractivity contribution in [2.75, 3.05) is 14.2 Å². The van der Waals surface area contributed by atoms with Gasteiger partial charge in [-0.15, -0.1) is 0 Å². The first kappa shape index (κ1) is 17.6. The Bertz CT molecular complexity index is 868. The molecule has 26 heavy (non-hydrogen) atoms. The van der Waals surface area contributed by atoms with Crippen LogP contribution in [-0.4, -0.2) is 35.9 Å². The molecule has 0 spiro atoms. The van der Waals surface area contributed by atoms with Gasteiger partial charge in [-0.2, -0.15) is 0 Å². The molecule has 0 bridgehead atoms. The average molecular weight is 357 g/mol. The molecule has 0 aliphatic carbocycles.